The number of rotatable bonds is 3. The SMILES string of the molecule is CCC(C#N)C(O)c1cn(C)nc1C. The van der Waals surface area contributed by atoms with Crippen LogP contribution < -0.4 is 0 Å². The molecule has 0 bridgehead atoms. The lowest BCUT2D eigenvalue weighted by molar-refractivity contribution is 0.132. The van der Waals surface area contributed by atoms with Crippen molar-refractivity contribution in [2.75, 3.05) is 0 Å². The van der Waals surface area contributed by atoms with Crippen LogP contribution in [0.2, 0.25) is 0 Å². The maximum Gasteiger partial charge on any atom is 0.0980 e. The molecule has 1 aromatic heterocycles. The van der Waals surface area contributed by atoms with Crippen LogP contribution in [0.3, 0.4) is 0 Å². The van der Waals surface area contributed by atoms with Gasteiger partial charge in [0.25, 0.3) is 0 Å². The van der Waals surface area contributed by atoms with E-state index in [0.29, 0.717) is 6.42 Å². The fourth-order valence-electron chi connectivity index (χ4n) is 1.51. The van der Waals surface area contributed by atoms with Crippen molar-refractivity contribution >= 4 is 0 Å². The van der Waals surface area contributed by atoms with E-state index in [4.69, 9.17) is 5.26 Å². The standard InChI is InChI=1S/C10H15N3O/c1-4-8(5-11)10(14)9-6-13(3)12-7(9)2/h6,8,10,14H,4H2,1-3H3. The summed E-state index contributed by atoms with van der Waals surface area (Å²) in [5, 5.41) is 22.8. The van der Waals surface area contributed by atoms with E-state index >= 15 is 0 Å². The van der Waals surface area contributed by atoms with Crippen LogP contribution in [0.1, 0.15) is 30.7 Å². The molecule has 4 nitrogen and oxygen atoms in total. The van der Waals surface area contributed by atoms with Gasteiger partial charge >= 0.3 is 0 Å². The van der Waals surface area contributed by atoms with E-state index in [9.17, 15) is 5.11 Å². The predicted octanol–water partition coefficient (Wildman–Crippen LogP) is 1.31. The molecule has 0 aliphatic carbocycles. The molecule has 0 saturated heterocycles. The Balaban J connectivity index is 2.94. The van der Waals surface area contributed by atoms with E-state index in [1.165, 1.54) is 0 Å². The summed E-state index contributed by atoms with van der Waals surface area (Å²) in [5.74, 6) is -0.349. The monoisotopic (exact) mass is 193 g/mol. The van der Waals surface area contributed by atoms with Crippen LogP contribution in [0.5, 0.6) is 0 Å². The van der Waals surface area contributed by atoms with Gasteiger partial charge in [0.1, 0.15) is 0 Å². The third-order valence-corrected chi connectivity index (χ3v) is 2.36. The fourth-order valence-corrected chi connectivity index (χ4v) is 1.51. The van der Waals surface area contributed by atoms with Gasteiger partial charge in [0.05, 0.1) is 23.8 Å². The van der Waals surface area contributed by atoms with E-state index in [-0.39, 0.29) is 5.92 Å². The highest BCUT2D eigenvalue weighted by Gasteiger charge is 2.22. The zero-order chi connectivity index (χ0) is 10.7. The maximum absolute atomic E-state index is 9.90. The van der Waals surface area contributed by atoms with Gasteiger partial charge in [-0.25, -0.2) is 0 Å². The Kier molecular flexibility index (Phi) is 3.26. The quantitative estimate of drug-likeness (QED) is 0.787. The highest BCUT2D eigenvalue weighted by atomic mass is 16.3. The second kappa shape index (κ2) is 4.25. The number of hydrogen-bond acceptors (Lipinski definition) is 3. The largest absolute Gasteiger partial charge is 0.387 e. The summed E-state index contributed by atoms with van der Waals surface area (Å²) in [4.78, 5) is 0. The summed E-state index contributed by atoms with van der Waals surface area (Å²) in [7, 11) is 1.80. The average molecular weight is 193 g/mol. The Morgan fingerprint density at radius 2 is 2.36 bits per heavy atom. The van der Waals surface area contributed by atoms with Gasteiger partial charge in [0, 0.05) is 18.8 Å². The van der Waals surface area contributed by atoms with Crippen molar-refractivity contribution < 1.29 is 5.11 Å². The van der Waals surface area contributed by atoms with Gasteiger partial charge in [-0.15, -0.1) is 0 Å². The number of aliphatic hydroxyl groups excluding tert-OH is 1. The smallest absolute Gasteiger partial charge is 0.0980 e. The lowest BCUT2D eigenvalue weighted by Gasteiger charge is -2.13. The Morgan fingerprint density at radius 1 is 1.71 bits per heavy atom. The summed E-state index contributed by atoms with van der Waals surface area (Å²) < 4.78 is 1.65. The number of hydrogen-bond donors (Lipinski definition) is 1. The molecular weight excluding hydrogens is 178 g/mol. The Labute approximate surface area is 83.8 Å². The topological polar surface area (TPSA) is 61.8 Å². The zero-order valence-corrected chi connectivity index (χ0v) is 8.73. The highest BCUT2D eigenvalue weighted by Crippen LogP contribution is 2.25. The van der Waals surface area contributed by atoms with Gasteiger partial charge in [-0.2, -0.15) is 10.4 Å². The molecule has 2 unspecified atom stereocenters. The van der Waals surface area contributed by atoms with E-state index in [1.807, 2.05) is 13.8 Å². The summed E-state index contributed by atoms with van der Waals surface area (Å²) >= 11 is 0. The predicted molar refractivity (Wildman–Crippen MR) is 52.3 cm³/mol. The van der Waals surface area contributed by atoms with Crippen LogP contribution in [0.25, 0.3) is 0 Å². The molecule has 2 atom stereocenters. The van der Waals surface area contributed by atoms with Gasteiger partial charge in [-0.05, 0) is 13.3 Å². The molecule has 14 heavy (non-hydrogen) atoms. The number of nitriles is 1. The zero-order valence-electron chi connectivity index (χ0n) is 8.73. The van der Waals surface area contributed by atoms with Gasteiger partial charge in [-0.1, -0.05) is 6.92 Å². The van der Waals surface area contributed by atoms with Crippen molar-refractivity contribution in [3.05, 3.63) is 17.5 Å². The summed E-state index contributed by atoms with van der Waals surface area (Å²) in [6.45, 7) is 3.73. The fraction of sp³-hybridized carbons (Fsp3) is 0.600. The number of aliphatic hydroxyl groups is 1. The molecule has 0 amide bonds. The second-order valence-electron chi connectivity index (χ2n) is 3.43. The minimum atomic E-state index is -0.723. The van der Waals surface area contributed by atoms with Crippen LogP contribution in [0.4, 0.5) is 0 Å². The summed E-state index contributed by atoms with van der Waals surface area (Å²) in [6.07, 6.45) is 1.69. The van der Waals surface area contributed by atoms with Crippen LogP contribution in [-0.4, -0.2) is 14.9 Å². The molecule has 4 heteroatoms. The van der Waals surface area contributed by atoms with Crippen molar-refractivity contribution in [1.82, 2.24) is 9.78 Å². The molecule has 1 rings (SSSR count). The Hall–Kier alpha value is -1.34. The number of aryl methyl sites for hydroxylation is 2. The highest BCUT2D eigenvalue weighted by molar-refractivity contribution is 5.20. The van der Waals surface area contributed by atoms with E-state index in [2.05, 4.69) is 11.2 Å². The molecule has 0 aliphatic heterocycles. The minimum Gasteiger partial charge on any atom is -0.387 e. The van der Waals surface area contributed by atoms with Gasteiger partial charge < -0.3 is 5.11 Å². The molecule has 0 aromatic carbocycles. The third kappa shape index (κ3) is 1.94. The summed E-state index contributed by atoms with van der Waals surface area (Å²) in [6, 6.07) is 2.10. The first-order valence-electron chi connectivity index (χ1n) is 4.68. The molecule has 1 heterocycles. The maximum atomic E-state index is 9.90. The van der Waals surface area contributed by atoms with Crippen molar-refractivity contribution in [2.45, 2.75) is 26.4 Å². The van der Waals surface area contributed by atoms with E-state index < -0.39 is 6.10 Å². The molecule has 0 fully saturated rings. The number of nitrogens with zero attached hydrogens (tertiary/aromatic N) is 3. The van der Waals surface area contributed by atoms with Gasteiger partial charge in [0.15, 0.2) is 0 Å². The normalized spacial score (nSPS) is 14.8. The molecule has 76 valence electrons. The van der Waals surface area contributed by atoms with Crippen LogP contribution >= 0.6 is 0 Å². The molecular formula is C10H15N3O. The van der Waals surface area contributed by atoms with Crippen molar-refractivity contribution in [1.29, 1.82) is 5.26 Å². The lowest BCUT2D eigenvalue weighted by atomic mass is 9.95. The number of aromatic nitrogens is 2. The van der Waals surface area contributed by atoms with Crippen LogP contribution in [-0.2, 0) is 7.05 Å². The first kappa shape index (κ1) is 10.7. The lowest BCUT2D eigenvalue weighted by Crippen LogP contribution is -2.10. The van der Waals surface area contributed by atoms with E-state index in [1.54, 1.807) is 17.9 Å². The van der Waals surface area contributed by atoms with Crippen molar-refractivity contribution in [3.63, 3.8) is 0 Å². The van der Waals surface area contributed by atoms with Crippen molar-refractivity contribution in [2.24, 2.45) is 13.0 Å². The molecule has 1 aromatic rings. The van der Waals surface area contributed by atoms with Crippen molar-refractivity contribution in [3.8, 4) is 6.07 Å². The van der Waals surface area contributed by atoms with E-state index in [0.717, 1.165) is 11.3 Å². The van der Waals surface area contributed by atoms with Crippen LogP contribution in [0.15, 0.2) is 6.20 Å². The molecule has 1 N–H and O–H groups in total. The van der Waals surface area contributed by atoms with Gasteiger partial charge in [-0.3, -0.25) is 4.68 Å². The molecule has 0 aliphatic rings. The molecule has 0 saturated carbocycles. The first-order valence-corrected chi connectivity index (χ1v) is 4.68. The molecule has 0 spiro atoms. The third-order valence-electron chi connectivity index (χ3n) is 2.36. The molecule has 0 radical (unpaired) electrons. The Morgan fingerprint density at radius 3 is 2.71 bits per heavy atom. The van der Waals surface area contributed by atoms with Crippen LogP contribution in [0, 0.1) is 24.2 Å². The minimum absolute atomic E-state index is 0.349. The summed E-state index contributed by atoms with van der Waals surface area (Å²) in [5.41, 5.74) is 1.54. The second-order valence-corrected chi connectivity index (χ2v) is 3.43. The first-order chi connectivity index (χ1) is 6.60. The Bertz CT molecular complexity index is 351. The van der Waals surface area contributed by atoms with Gasteiger partial charge in [0.2, 0.25) is 0 Å². The average Bonchev–Trinajstić information content (AvgIpc) is 2.47.